The smallest absolute Gasteiger partial charge is 0.217 e. The summed E-state index contributed by atoms with van der Waals surface area (Å²) in [5, 5.41) is 3.82. The SMILES string of the molecule is CC(=O)N[C@@H]1CN(Cc2ccc3cccc(F)c3n2)C[C@H]1c1ccc(C)o1. The summed E-state index contributed by atoms with van der Waals surface area (Å²) in [6, 6.07) is 12.7. The Morgan fingerprint density at radius 3 is 2.85 bits per heavy atom. The molecule has 0 unspecified atom stereocenters. The van der Waals surface area contributed by atoms with Crippen molar-refractivity contribution >= 4 is 16.8 Å². The number of benzene rings is 1. The van der Waals surface area contributed by atoms with E-state index in [2.05, 4.69) is 15.2 Å². The lowest BCUT2D eigenvalue weighted by Crippen LogP contribution is -2.38. The van der Waals surface area contributed by atoms with E-state index in [1.807, 2.05) is 37.3 Å². The molecular formula is C21H22FN3O2. The van der Waals surface area contributed by atoms with Gasteiger partial charge in [0.2, 0.25) is 5.91 Å². The topological polar surface area (TPSA) is 58.4 Å². The maximum absolute atomic E-state index is 14.0. The number of hydrogen-bond acceptors (Lipinski definition) is 4. The quantitative estimate of drug-likeness (QED) is 0.768. The molecule has 140 valence electrons. The predicted octanol–water partition coefficient (Wildman–Crippen LogP) is 3.38. The van der Waals surface area contributed by atoms with E-state index in [-0.39, 0.29) is 23.7 Å². The number of rotatable bonds is 4. The highest BCUT2D eigenvalue weighted by molar-refractivity contribution is 5.79. The van der Waals surface area contributed by atoms with Crippen molar-refractivity contribution in [1.82, 2.24) is 15.2 Å². The molecular weight excluding hydrogens is 345 g/mol. The molecule has 1 aliphatic heterocycles. The third-order valence-electron chi connectivity index (χ3n) is 5.03. The van der Waals surface area contributed by atoms with Gasteiger partial charge in [0.05, 0.1) is 17.7 Å². The molecule has 0 bridgehead atoms. The van der Waals surface area contributed by atoms with E-state index in [0.29, 0.717) is 18.6 Å². The summed E-state index contributed by atoms with van der Waals surface area (Å²) in [4.78, 5) is 18.3. The maximum Gasteiger partial charge on any atom is 0.217 e. The molecule has 2 atom stereocenters. The molecule has 0 spiro atoms. The van der Waals surface area contributed by atoms with Crippen molar-refractivity contribution in [2.45, 2.75) is 32.4 Å². The van der Waals surface area contributed by atoms with Crippen LogP contribution in [-0.2, 0) is 11.3 Å². The minimum absolute atomic E-state index is 0.0229. The van der Waals surface area contributed by atoms with Crippen LogP contribution in [-0.4, -0.2) is 34.9 Å². The Labute approximate surface area is 157 Å². The van der Waals surface area contributed by atoms with Gasteiger partial charge in [0.1, 0.15) is 22.9 Å². The van der Waals surface area contributed by atoms with Gasteiger partial charge < -0.3 is 9.73 Å². The number of furan rings is 1. The van der Waals surface area contributed by atoms with Crippen LogP contribution in [0.2, 0.25) is 0 Å². The largest absolute Gasteiger partial charge is 0.466 e. The molecule has 0 aliphatic carbocycles. The number of aryl methyl sites for hydroxylation is 1. The molecule has 6 heteroatoms. The van der Waals surface area contributed by atoms with Gasteiger partial charge in [-0.2, -0.15) is 0 Å². The van der Waals surface area contributed by atoms with Crippen LogP contribution in [0, 0.1) is 12.7 Å². The Bertz CT molecular complexity index is 984. The van der Waals surface area contributed by atoms with Gasteiger partial charge in [-0.15, -0.1) is 0 Å². The summed E-state index contributed by atoms with van der Waals surface area (Å²) >= 11 is 0. The zero-order valence-electron chi connectivity index (χ0n) is 15.4. The second-order valence-electron chi connectivity index (χ2n) is 7.17. The third-order valence-corrected chi connectivity index (χ3v) is 5.03. The molecule has 0 radical (unpaired) electrons. The summed E-state index contributed by atoms with van der Waals surface area (Å²) in [7, 11) is 0. The lowest BCUT2D eigenvalue weighted by molar-refractivity contribution is -0.119. The Kier molecular flexibility index (Phi) is 4.66. The number of likely N-dealkylation sites (tertiary alicyclic amines) is 1. The van der Waals surface area contributed by atoms with Gasteiger partial charge in [-0.3, -0.25) is 9.69 Å². The van der Waals surface area contributed by atoms with Gasteiger partial charge in [0.25, 0.3) is 0 Å². The van der Waals surface area contributed by atoms with Gasteiger partial charge in [0.15, 0.2) is 0 Å². The van der Waals surface area contributed by atoms with Gasteiger partial charge in [-0.1, -0.05) is 18.2 Å². The average molecular weight is 367 g/mol. The Balaban J connectivity index is 1.55. The van der Waals surface area contributed by atoms with E-state index in [0.717, 1.165) is 29.1 Å². The summed E-state index contributed by atoms with van der Waals surface area (Å²) < 4.78 is 19.8. The number of hydrogen-bond donors (Lipinski definition) is 1. The van der Waals surface area contributed by atoms with Gasteiger partial charge >= 0.3 is 0 Å². The van der Waals surface area contributed by atoms with Crippen LogP contribution < -0.4 is 5.32 Å². The molecule has 1 saturated heterocycles. The van der Waals surface area contributed by atoms with Crippen LogP contribution in [0.4, 0.5) is 4.39 Å². The number of para-hydroxylation sites is 1. The van der Waals surface area contributed by atoms with Crippen molar-refractivity contribution in [3.63, 3.8) is 0 Å². The fourth-order valence-corrected chi connectivity index (χ4v) is 3.83. The Morgan fingerprint density at radius 1 is 1.26 bits per heavy atom. The number of amides is 1. The molecule has 1 N–H and O–H groups in total. The van der Waals surface area contributed by atoms with Gasteiger partial charge in [-0.25, -0.2) is 9.37 Å². The molecule has 3 aromatic rings. The average Bonchev–Trinajstić information content (AvgIpc) is 3.21. The van der Waals surface area contributed by atoms with Crippen molar-refractivity contribution in [2.75, 3.05) is 13.1 Å². The van der Waals surface area contributed by atoms with Crippen molar-refractivity contribution < 1.29 is 13.6 Å². The minimum atomic E-state index is -0.309. The van der Waals surface area contributed by atoms with Crippen LogP contribution >= 0.6 is 0 Å². The number of nitrogens with zero attached hydrogens (tertiary/aromatic N) is 2. The second kappa shape index (κ2) is 7.12. The number of aromatic nitrogens is 1. The molecule has 2 aromatic heterocycles. The fraction of sp³-hybridized carbons (Fsp3) is 0.333. The van der Waals surface area contributed by atoms with Gasteiger partial charge in [-0.05, 0) is 31.2 Å². The Morgan fingerprint density at radius 2 is 2.11 bits per heavy atom. The predicted molar refractivity (Wildman–Crippen MR) is 101 cm³/mol. The van der Waals surface area contributed by atoms with Crippen molar-refractivity contribution in [3.8, 4) is 0 Å². The zero-order valence-corrected chi connectivity index (χ0v) is 15.4. The second-order valence-corrected chi connectivity index (χ2v) is 7.17. The van der Waals surface area contributed by atoms with E-state index in [1.165, 1.54) is 13.0 Å². The van der Waals surface area contributed by atoms with Crippen LogP contribution in [0.5, 0.6) is 0 Å². The monoisotopic (exact) mass is 367 g/mol. The summed E-state index contributed by atoms with van der Waals surface area (Å²) in [5.74, 6) is 1.46. The third kappa shape index (κ3) is 3.71. The molecule has 1 fully saturated rings. The van der Waals surface area contributed by atoms with Gasteiger partial charge in [0, 0.05) is 31.9 Å². The normalized spacial score (nSPS) is 20.3. The van der Waals surface area contributed by atoms with Crippen molar-refractivity contribution in [3.05, 3.63) is 65.5 Å². The van der Waals surface area contributed by atoms with Crippen LogP contribution in [0.25, 0.3) is 10.9 Å². The highest BCUT2D eigenvalue weighted by Gasteiger charge is 2.36. The first-order chi connectivity index (χ1) is 13.0. The number of fused-ring (bicyclic) bond motifs is 1. The number of carbonyl (C=O) groups excluding carboxylic acids is 1. The van der Waals surface area contributed by atoms with Crippen LogP contribution in [0.15, 0.2) is 46.9 Å². The maximum atomic E-state index is 14.0. The van der Waals surface area contributed by atoms with E-state index in [9.17, 15) is 9.18 Å². The van der Waals surface area contributed by atoms with Crippen LogP contribution in [0.1, 0.15) is 30.1 Å². The Hall–Kier alpha value is -2.73. The molecule has 1 aliphatic rings. The van der Waals surface area contributed by atoms with E-state index in [4.69, 9.17) is 4.42 Å². The molecule has 0 saturated carbocycles. The lowest BCUT2D eigenvalue weighted by atomic mass is 10.0. The minimum Gasteiger partial charge on any atom is -0.466 e. The fourth-order valence-electron chi connectivity index (χ4n) is 3.83. The number of nitrogens with one attached hydrogen (secondary N) is 1. The van der Waals surface area contributed by atoms with Crippen molar-refractivity contribution in [1.29, 1.82) is 0 Å². The van der Waals surface area contributed by atoms with Crippen LogP contribution in [0.3, 0.4) is 0 Å². The zero-order chi connectivity index (χ0) is 19.0. The molecule has 1 aromatic carbocycles. The number of pyridine rings is 1. The lowest BCUT2D eigenvalue weighted by Gasteiger charge is -2.17. The summed E-state index contributed by atoms with van der Waals surface area (Å²) in [5.41, 5.74) is 1.20. The molecule has 3 heterocycles. The first-order valence-electron chi connectivity index (χ1n) is 9.09. The summed E-state index contributed by atoms with van der Waals surface area (Å²) in [6.07, 6.45) is 0. The standard InChI is InChI=1S/C21H22FN3O2/c1-13-6-9-20(27-13)17-11-25(12-19(17)23-14(2)26)10-16-8-7-15-4-3-5-18(22)21(15)24-16/h3-9,17,19H,10-12H2,1-2H3,(H,23,26)/t17-,19-/m1/s1. The summed E-state index contributed by atoms with van der Waals surface area (Å²) in [6.45, 7) is 5.48. The molecule has 27 heavy (non-hydrogen) atoms. The first-order valence-corrected chi connectivity index (χ1v) is 9.09. The molecule has 1 amide bonds. The first kappa shape index (κ1) is 17.7. The highest BCUT2D eigenvalue weighted by Crippen LogP contribution is 2.30. The van der Waals surface area contributed by atoms with Crippen molar-refractivity contribution in [2.24, 2.45) is 0 Å². The van der Waals surface area contributed by atoms with E-state index in [1.54, 1.807) is 6.07 Å². The number of halogens is 1. The molecule has 5 nitrogen and oxygen atoms in total. The van der Waals surface area contributed by atoms with E-state index < -0.39 is 0 Å². The number of carbonyl (C=O) groups is 1. The van der Waals surface area contributed by atoms with E-state index >= 15 is 0 Å². The highest BCUT2D eigenvalue weighted by atomic mass is 19.1. The molecule has 4 rings (SSSR count).